The van der Waals surface area contributed by atoms with E-state index in [4.69, 9.17) is 0 Å². The fraction of sp³-hybridized carbons (Fsp3) is 0.350. The number of halogens is 1. The van der Waals surface area contributed by atoms with Crippen molar-refractivity contribution in [3.8, 4) is 0 Å². The van der Waals surface area contributed by atoms with Crippen molar-refractivity contribution in [2.24, 2.45) is 0 Å². The third-order valence-corrected chi connectivity index (χ3v) is 5.64. The highest BCUT2D eigenvalue weighted by Crippen LogP contribution is 2.22. The van der Waals surface area contributed by atoms with Crippen molar-refractivity contribution in [1.82, 2.24) is 5.32 Å². The molecule has 1 N–H and O–H groups in total. The van der Waals surface area contributed by atoms with E-state index in [1.165, 1.54) is 30.7 Å². The van der Waals surface area contributed by atoms with Crippen molar-refractivity contribution in [3.05, 3.63) is 65.5 Å². The molecule has 5 nitrogen and oxygen atoms in total. The molecule has 0 bridgehead atoms. The highest BCUT2D eigenvalue weighted by molar-refractivity contribution is 7.92. The molecule has 0 heterocycles. The van der Waals surface area contributed by atoms with Gasteiger partial charge in [0.15, 0.2) is 0 Å². The molecule has 0 saturated carbocycles. The third kappa shape index (κ3) is 5.29. The van der Waals surface area contributed by atoms with Crippen molar-refractivity contribution in [1.29, 1.82) is 0 Å². The Morgan fingerprint density at radius 3 is 2.30 bits per heavy atom. The number of aryl methyl sites for hydroxylation is 1. The second kappa shape index (κ2) is 8.52. The van der Waals surface area contributed by atoms with Crippen molar-refractivity contribution in [3.63, 3.8) is 0 Å². The van der Waals surface area contributed by atoms with Crippen molar-refractivity contribution in [2.75, 3.05) is 10.6 Å². The van der Waals surface area contributed by atoms with E-state index in [1.807, 2.05) is 31.2 Å². The van der Waals surface area contributed by atoms with Crippen LogP contribution in [0.2, 0.25) is 0 Å². The molecule has 2 atom stereocenters. The van der Waals surface area contributed by atoms with E-state index in [1.54, 1.807) is 0 Å². The second-order valence-corrected chi connectivity index (χ2v) is 8.40. The first-order valence-corrected chi connectivity index (χ1v) is 10.6. The number of amides is 1. The molecule has 2 rings (SSSR count). The molecule has 2 aromatic carbocycles. The predicted molar refractivity (Wildman–Crippen MR) is 106 cm³/mol. The molecule has 0 aliphatic rings. The first-order chi connectivity index (χ1) is 12.6. The summed E-state index contributed by atoms with van der Waals surface area (Å²) in [4.78, 5) is 12.7. The van der Waals surface area contributed by atoms with E-state index in [-0.39, 0.29) is 11.7 Å². The van der Waals surface area contributed by atoms with Crippen LogP contribution in [0, 0.1) is 5.82 Å². The summed E-state index contributed by atoms with van der Waals surface area (Å²) in [5.74, 6) is -1.03. The zero-order valence-electron chi connectivity index (χ0n) is 15.9. The van der Waals surface area contributed by atoms with Crippen molar-refractivity contribution >= 4 is 21.6 Å². The Hall–Kier alpha value is -2.41. The van der Waals surface area contributed by atoms with Crippen LogP contribution in [0.3, 0.4) is 0 Å². The van der Waals surface area contributed by atoms with Crippen molar-refractivity contribution < 1.29 is 17.6 Å². The van der Waals surface area contributed by atoms with E-state index in [0.717, 1.165) is 28.6 Å². The lowest BCUT2D eigenvalue weighted by Gasteiger charge is -2.29. The number of hydrogen-bond donors (Lipinski definition) is 1. The van der Waals surface area contributed by atoms with Gasteiger partial charge in [0.1, 0.15) is 11.9 Å². The minimum atomic E-state index is -3.78. The topological polar surface area (TPSA) is 66.5 Å². The molecular weight excluding hydrogens is 367 g/mol. The molecule has 1 amide bonds. The van der Waals surface area contributed by atoms with Gasteiger partial charge in [0.25, 0.3) is 0 Å². The average molecular weight is 392 g/mol. The molecule has 2 aromatic rings. The Bertz CT molecular complexity index is 898. The molecule has 27 heavy (non-hydrogen) atoms. The minimum absolute atomic E-state index is 0.111. The lowest BCUT2D eigenvalue weighted by Crippen LogP contribution is -2.48. The van der Waals surface area contributed by atoms with Gasteiger partial charge in [-0.1, -0.05) is 37.3 Å². The van der Waals surface area contributed by atoms with Crippen LogP contribution in [0.5, 0.6) is 0 Å². The molecule has 0 radical (unpaired) electrons. The molecule has 0 aliphatic heterocycles. The van der Waals surface area contributed by atoms with Crippen LogP contribution in [0.4, 0.5) is 10.1 Å². The van der Waals surface area contributed by atoms with Gasteiger partial charge in [-0.3, -0.25) is 9.10 Å². The van der Waals surface area contributed by atoms with Gasteiger partial charge in [0.05, 0.1) is 18.0 Å². The molecular formula is C20H25FN2O3S. The van der Waals surface area contributed by atoms with Gasteiger partial charge >= 0.3 is 0 Å². The lowest BCUT2D eigenvalue weighted by atomic mass is 10.0. The van der Waals surface area contributed by atoms with Gasteiger partial charge in [-0.25, -0.2) is 12.8 Å². The number of nitrogens with zero attached hydrogens (tertiary/aromatic N) is 1. The average Bonchev–Trinajstić information content (AvgIpc) is 2.60. The van der Waals surface area contributed by atoms with Crippen LogP contribution in [0.15, 0.2) is 48.5 Å². The predicted octanol–water partition coefficient (Wildman–Crippen LogP) is 3.42. The fourth-order valence-corrected chi connectivity index (χ4v) is 4.05. The summed E-state index contributed by atoms with van der Waals surface area (Å²) in [6.45, 7) is 5.38. The van der Waals surface area contributed by atoms with E-state index < -0.39 is 27.8 Å². The maximum atomic E-state index is 13.6. The lowest BCUT2D eigenvalue weighted by molar-refractivity contribution is -0.122. The summed E-state index contributed by atoms with van der Waals surface area (Å²) in [7, 11) is -3.78. The normalized spacial score (nSPS) is 13.7. The molecule has 0 aromatic heterocycles. The van der Waals surface area contributed by atoms with Gasteiger partial charge in [0, 0.05) is 0 Å². The molecule has 7 heteroatoms. The zero-order valence-corrected chi connectivity index (χ0v) is 16.8. The quantitative estimate of drug-likeness (QED) is 0.785. The molecule has 0 saturated heterocycles. The Morgan fingerprint density at radius 1 is 1.15 bits per heavy atom. The summed E-state index contributed by atoms with van der Waals surface area (Å²) >= 11 is 0. The Morgan fingerprint density at radius 2 is 1.78 bits per heavy atom. The molecule has 146 valence electrons. The minimum Gasteiger partial charge on any atom is -0.348 e. The highest BCUT2D eigenvalue weighted by Gasteiger charge is 2.30. The van der Waals surface area contributed by atoms with E-state index in [0.29, 0.717) is 0 Å². The largest absolute Gasteiger partial charge is 0.348 e. The first-order valence-electron chi connectivity index (χ1n) is 8.77. The zero-order chi connectivity index (χ0) is 20.2. The molecule has 0 aliphatic carbocycles. The van der Waals surface area contributed by atoms with Gasteiger partial charge < -0.3 is 5.32 Å². The molecule has 0 spiro atoms. The smallest absolute Gasteiger partial charge is 0.244 e. The standard InChI is InChI=1S/C20H25FN2O3S/c1-5-16-9-11-17(12-10-16)14(2)22-20(24)15(3)23(27(4,25)26)19-8-6-7-18(21)13-19/h6-15H,5H2,1-4H3,(H,22,24)/t14-,15+/m0/s1. The van der Waals surface area contributed by atoms with E-state index in [2.05, 4.69) is 12.2 Å². The maximum absolute atomic E-state index is 13.6. The van der Waals surface area contributed by atoms with Gasteiger partial charge in [-0.05, 0) is 49.6 Å². The molecule has 0 fully saturated rings. The van der Waals surface area contributed by atoms with Crippen molar-refractivity contribution in [2.45, 2.75) is 39.3 Å². The second-order valence-electron chi connectivity index (χ2n) is 6.54. The summed E-state index contributed by atoms with van der Waals surface area (Å²) < 4.78 is 39.0. The summed E-state index contributed by atoms with van der Waals surface area (Å²) in [6, 6.07) is 11.7. The van der Waals surface area contributed by atoms with Crippen LogP contribution >= 0.6 is 0 Å². The number of hydrogen-bond acceptors (Lipinski definition) is 3. The summed E-state index contributed by atoms with van der Waals surface area (Å²) in [6.07, 6.45) is 1.92. The Balaban J connectivity index is 2.21. The highest BCUT2D eigenvalue weighted by atomic mass is 32.2. The van der Waals surface area contributed by atoms with Crippen LogP contribution in [0.25, 0.3) is 0 Å². The number of carbonyl (C=O) groups excluding carboxylic acids is 1. The van der Waals surface area contributed by atoms with Gasteiger partial charge in [-0.15, -0.1) is 0 Å². The third-order valence-electron chi connectivity index (χ3n) is 4.40. The summed E-state index contributed by atoms with van der Waals surface area (Å²) in [5, 5.41) is 2.83. The maximum Gasteiger partial charge on any atom is 0.244 e. The molecule has 0 unspecified atom stereocenters. The number of rotatable bonds is 7. The van der Waals surface area contributed by atoms with E-state index in [9.17, 15) is 17.6 Å². The number of carbonyl (C=O) groups is 1. The number of nitrogens with one attached hydrogen (secondary N) is 1. The van der Waals surface area contributed by atoms with Gasteiger partial charge in [-0.2, -0.15) is 0 Å². The number of benzene rings is 2. The van der Waals surface area contributed by atoms with Crippen LogP contribution in [-0.4, -0.2) is 26.6 Å². The van der Waals surface area contributed by atoms with Crippen LogP contribution < -0.4 is 9.62 Å². The van der Waals surface area contributed by atoms with Crippen LogP contribution in [-0.2, 0) is 21.2 Å². The Kier molecular flexibility index (Phi) is 6.59. The number of sulfonamides is 1. The van der Waals surface area contributed by atoms with Crippen LogP contribution in [0.1, 0.15) is 37.9 Å². The Labute approximate surface area is 160 Å². The van der Waals surface area contributed by atoms with E-state index >= 15 is 0 Å². The fourth-order valence-electron chi connectivity index (χ4n) is 2.88. The SMILES string of the molecule is CCc1ccc([C@H](C)NC(=O)[C@@H](C)N(c2cccc(F)c2)S(C)(=O)=O)cc1. The number of anilines is 1. The van der Waals surface area contributed by atoms with Gasteiger partial charge in [0.2, 0.25) is 15.9 Å². The summed E-state index contributed by atoms with van der Waals surface area (Å²) in [5.41, 5.74) is 2.23. The monoisotopic (exact) mass is 392 g/mol. The first kappa shape index (κ1) is 20.9.